The molecule has 3 heteroatoms. The summed E-state index contributed by atoms with van der Waals surface area (Å²) in [6, 6.07) is 19.0. The molecule has 0 aromatic heterocycles. The van der Waals surface area contributed by atoms with Crippen molar-refractivity contribution in [2.75, 3.05) is 0 Å². The molecule has 0 heterocycles. The Morgan fingerprint density at radius 1 is 0.667 bits per heavy atom. The second-order valence-corrected chi connectivity index (χ2v) is 7.50. The van der Waals surface area contributed by atoms with Crippen molar-refractivity contribution in [3.63, 3.8) is 0 Å². The van der Waals surface area contributed by atoms with Gasteiger partial charge in [-0.2, -0.15) is 0 Å². The van der Waals surface area contributed by atoms with Crippen molar-refractivity contribution >= 4 is 51.8 Å². The monoisotopic (exact) mass is 422 g/mol. The predicted octanol–water partition coefficient (Wildman–Crippen LogP) is 2.38. The molecule has 78 valence electrons. The van der Waals surface area contributed by atoms with Crippen LogP contribution in [0.5, 0.6) is 0 Å². The van der Waals surface area contributed by atoms with E-state index >= 15 is 0 Å². The van der Waals surface area contributed by atoms with E-state index in [9.17, 15) is 2.81 Å². The molecule has 0 unspecified atom stereocenters. The van der Waals surface area contributed by atoms with Gasteiger partial charge in [0.25, 0.3) is 0 Å². The topological polar surface area (TPSA) is 0 Å². The van der Waals surface area contributed by atoms with Crippen molar-refractivity contribution in [3.8, 4) is 0 Å². The first-order valence-corrected chi connectivity index (χ1v) is 7.96. The minimum atomic E-state index is -2.87. The van der Waals surface area contributed by atoms with Crippen molar-refractivity contribution in [1.29, 1.82) is 0 Å². The quantitative estimate of drug-likeness (QED) is 0.515. The van der Waals surface area contributed by atoms with Crippen LogP contribution in [-0.4, -0.2) is 20.8 Å². The van der Waals surface area contributed by atoms with E-state index in [2.05, 4.69) is 0 Å². The van der Waals surface area contributed by atoms with Crippen LogP contribution < -0.4 is 7.02 Å². The molecule has 0 saturated heterocycles. The van der Waals surface area contributed by atoms with Gasteiger partial charge in [-0.1, -0.05) is 0 Å². The normalized spacial score (nSPS) is 9.73. The third-order valence-corrected chi connectivity index (χ3v) is 6.26. The molecule has 2 aromatic rings. The van der Waals surface area contributed by atoms with Gasteiger partial charge < -0.3 is 0 Å². The maximum absolute atomic E-state index is 14.1. The van der Waals surface area contributed by atoms with Crippen molar-refractivity contribution < 1.29 is 2.81 Å². The molecule has 0 fully saturated rings. The summed E-state index contributed by atoms with van der Waals surface area (Å²) in [5.74, 6) is 0. The zero-order valence-electron chi connectivity index (χ0n) is 8.01. The van der Waals surface area contributed by atoms with Gasteiger partial charge in [0.2, 0.25) is 0 Å². The van der Waals surface area contributed by atoms with Crippen molar-refractivity contribution in [2.24, 2.45) is 0 Å². The fraction of sp³-hybridized carbons (Fsp3) is 0. The van der Waals surface area contributed by atoms with Crippen molar-refractivity contribution in [1.82, 2.24) is 0 Å². The zero-order valence-corrected chi connectivity index (χ0v) is 12.9. The summed E-state index contributed by atoms with van der Waals surface area (Å²) in [6.45, 7) is 0. The molecular weight excluding hydrogens is 412 g/mol. The molecule has 2 rings (SSSR count). The molecule has 0 aliphatic rings. The van der Waals surface area contributed by atoms with Crippen molar-refractivity contribution in [3.05, 3.63) is 60.7 Å². The second-order valence-electron chi connectivity index (χ2n) is 2.95. The summed E-state index contributed by atoms with van der Waals surface area (Å²) in [4.78, 5) is 0. The summed E-state index contributed by atoms with van der Waals surface area (Å²) in [5, 5.41) is 0. The first kappa shape index (κ1) is 13.0. The summed E-state index contributed by atoms with van der Waals surface area (Å²) in [6.07, 6.45) is 0. The average molecular weight is 423 g/mol. The van der Waals surface area contributed by atoms with E-state index in [0.29, 0.717) is 0 Å². The Morgan fingerprint density at radius 3 is 1.33 bits per heavy atom. The molecule has 0 aliphatic heterocycles. The van der Waals surface area contributed by atoms with Crippen LogP contribution in [0.15, 0.2) is 60.7 Å². The second kappa shape index (κ2) is 6.49. The standard InChI is InChI=1S/2C6H5.FH.HI.Sb/c2*1-2-4-6-5-3-1;;;/h2*1-5H;2*1H;/q;;;;+1/p-1. The van der Waals surface area contributed by atoms with E-state index in [1.165, 1.54) is 0 Å². The van der Waals surface area contributed by atoms with Crippen LogP contribution in [0, 0.1) is 0 Å². The summed E-state index contributed by atoms with van der Waals surface area (Å²) >= 11 is -2.87. The molecule has 0 aliphatic carbocycles. The third-order valence-electron chi connectivity index (χ3n) is 1.97. The Hall–Kier alpha value is -0.0818. The molecular formula is C12H11FISb. The average Bonchev–Trinajstić information content (AvgIpc) is 2.30. The molecule has 0 atom stereocenters. The van der Waals surface area contributed by atoms with Gasteiger partial charge in [0, 0.05) is 0 Å². The predicted molar refractivity (Wildman–Crippen MR) is 74.4 cm³/mol. The molecule has 0 saturated carbocycles. The Morgan fingerprint density at radius 2 is 1.00 bits per heavy atom. The summed E-state index contributed by atoms with van der Waals surface area (Å²) < 4.78 is 15.8. The number of hydrogen-bond acceptors (Lipinski definition) is 0. The molecule has 0 spiro atoms. The van der Waals surface area contributed by atoms with Gasteiger partial charge in [0.1, 0.15) is 0 Å². The SMILES string of the molecule is I.[F][Sb]([c]1ccccc1)[c]1ccccc1. The van der Waals surface area contributed by atoms with E-state index < -0.39 is 20.8 Å². The Labute approximate surface area is 114 Å². The van der Waals surface area contributed by atoms with E-state index in [1.54, 1.807) is 0 Å². The van der Waals surface area contributed by atoms with Gasteiger partial charge in [-0.05, 0) is 0 Å². The third kappa shape index (κ3) is 3.46. The van der Waals surface area contributed by atoms with Gasteiger partial charge in [0.05, 0.1) is 0 Å². The van der Waals surface area contributed by atoms with Crippen LogP contribution in [0.25, 0.3) is 0 Å². The molecule has 0 nitrogen and oxygen atoms in total. The van der Waals surface area contributed by atoms with Crippen LogP contribution in [0.2, 0.25) is 0 Å². The number of rotatable bonds is 2. The first-order valence-electron chi connectivity index (χ1n) is 4.44. The van der Waals surface area contributed by atoms with Gasteiger partial charge in [-0.15, -0.1) is 24.0 Å². The number of benzene rings is 2. The molecule has 0 radical (unpaired) electrons. The van der Waals surface area contributed by atoms with Gasteiger partial charge >= 0.3 is 91.3 Å². The number of hydrogen-bond donors (Lipinski definition) is 0. The van der Waals surface area contributed by atoms with Crippen LogP contribution in [0.4, 0.5) is 2.81 Å². The molecule has 0 bridgehead atoms. The van der Waals surface area contributed by atoms with Gasteiger partial charge in [-0.3, -0.25) is 0 Å². The van der Waals surface area contributed by atoms with Crippen LogP contribution in [0.1, 0.15) is 0 Å². The van der Waals surface area contributed by atoms with E-state index in [0.717, 1.165) is 7.02 Å². The molecule has 2 aromatic carbocycles. The molecule has 0 N–H and O–H groups in total. The Kier molecular flexibility index (Phi) is 5.62. The maximum atomic E-state index is 14.1. The van der Waals surface area contributed by atoms with Crippen LogP contribution in [0.3, 0.4) is 0 Å². The molecule has 0 amide bonds. The van der Waals surface area contributed by atoms with Crippen LogP contribution in [-0.2, 0) is 0 Å². The Balaban J connectivity index is 0.00000112. The summed E-state index contributed by atoms with van der Waals surface area (Å²) in [5.41, 5.74) is 0. The Bertz CT molecular complexity index is 351. The zero-order chi connectivity index (χ0) is 9.80. The van der Waals surface area contributed by atoms with E-state index in [-0.39, 0.29) is 24.0 Å². The van der Waals surface area contributed by atoms with Crippen molar-refractivity contribution in [2.45, 2.75) is 0 Å². The van der Waals surface area contributed by atoms with Gasteiger partial charge in [0.15, 0.2) is 0 Å². The first-order chi connectivity index (χ1) is 6.88. The fourth-order valence-corrected chi connectivity index (χ4v) is 4.59. The summed E-state index contributed by atoms with van der Waals surface area (Å²) in [7, 11) is 0. The van der Waals surface area contributed by atoms with E-state index in [1.807, 2.05) is 60.7 Å². The fourth-order valence-electron chi connectivity index (χ4n) is 1.27. The van der Waals surface area contributed by atoms with E-state index in [4.69, 9.17) is 0 Å². The van der Waals surface area contributed by atoms with Crippen LogP contribution >= 0.6 is 24.0 Å². The molecule has 15 heavy (non-hydrogen) atoms. The minimum absolute atomic E-state index is 0. The van der Waals surface area contributed by atoms with Gasteiger partial charge in [-0.25, -0.2) is 0 Å². The number of halogens is 2.